The van der Waals surface area contributed by atoms with Gasteiger partial charge in [-0.25, -0.2) is 4.57 Å². The third kappa shape index (κ3) is 2.99. The Labute approximate surface area is 145 Å². The molecule has 0 unspecified atom stereocenters. The molecule has 0 fully saturated rings. The molecule has 0 bridgehead atoms. The van der Waals surface area contributed by atoms with E-state index in [-0.39, 0.29) is 5.41 Å². The highest BCUT2D eigenvalue weighted by Gasteiger charge is 2.24. The van der Waals surface area contributed by atoms with Crippen molar-refractivity contribution in [2.24, 2.45) is 7.05 Å². The highest BCUT2D eigenvalue weighted by atomic mass is 14.9. The van der Waals surface area contributed by atoms with Crippen molar-refractivity contribution in [3.63, 3.8) is 0 Å². The number of aromatic nitrogens is 1. The fraction of sp³-hybridized carbons (Fsp3) is 0.261. The molecular formula is C23H26N+. The van der Waals surface area contributed by atoms with Gasteiger partial charge in [0.2, 0.25) is 5.69 Å². The first-order valence-corrected chi connectivity index (χ1v) is 8.53. The Morgan fingerprint density at radius 3 is 2.21 bits per heavy atom. The van der Waals surface area contributed by atoms with Crippen molar-refractivity contribution in [1.82, 2.24) is 0 Å². The summed E-state index contributed by atoms with van der Waals surface area (Å²) in [6.07, 6.45) is 2.14. The molecule has 1 heterocycles. The van der Waals surface area contributed by atoms with Gasteiger partial charge < -0.3 is 0 Å². The molecule has 0 atom stereocenters. The molecule has 3 rings (SSSR count). The van der Waals surface area contributed by atoms with Crippen molar-refractivity contribution in [3.8, 4) is 11.3 Å². The van der Waals surface area contributed by atoms with Crippen LogP contribution in [0.5, 0.6) is 0 Å². The summed E-state index contributed by atoms with van der Waals surface area (Å²) in [6.45, 7) is 8.94. The van der Waals surface area contributed by atoms with Gasteiger partial charge in [-0.15, -0.1) is 0 Å². The molecule has 2 aromatic carbocycles. The average molecular weight is 316 g/mol. The van der Waals surface area contributed by atoms with Gasteiger partial charge in [0, 0.05) is 23.1 Å². The predicted molar refractivity (Wildman–Crippen MR) is 101 cm³/mol. The minimum absolute atomic E-state index is 0.0217. The van der Waals surface area contributed by atoms with E-state index in [0.717, 1.165) is 0 Å². The zero-order valence-electron chi connectivity index (χ0n) is 15.3. The van der Waals surface area contributed by atoms with Crippen LogP contribution < -0.4 is 4.57 Å². The largest absolute Gasteiger partial charge is 0.212 e. The Bertz CT molecular complexity index is 860. The Kier molecular flexibility index (Phi) is 4.28. The van der Waals surface area contributed by atoms with Crippen molar-refractivity contribution in [1.29, 1.82) is 0 Å². The summed E-state index contributed by atoms with van der Waals surface area (Å²) in [5.41, 5.74) is 7.83. The fourth-order valence-corrected chi connectivity index (χ4v) is 3.25. The number of pyridine rings is 1. The van der Waals surface area contributed by atoms with Gasteiger partial charge in [0.1, 0.15) is 7.05 Å². The van der Waals surface area contributed by atoms with E-state index in [1.54, 1.807) is 0 Å². The lowest BCUT2D eigenvalue weighted by atomic mass is 9.77. The van der Waals surface area contributed by atoms with E-state index in [1.165, 1.54) is 33.5 Å². The smallest absolute Gasteiger partial charge is 0.201 e. The Hall–Kier alpha value is -2.41. The minimum Gasteiger partial charge on any atom is -0.201 e. The molecule has 0 spiro atoms. The lowest BCUT2D eigenvalue weighted by molar-refractivity contribution is -0.660. The van der Waals surface area contributed by atoms with E-state index in [2.05, 4.69) is 106 Å². The summed E-state index contributed by atoms with van der Waals surface area (Å²) in [6, 6.07) is 22.0. The van der Waals surface area contributed by atoms with Crippen LogP contribution in [-0.2, 0) is 12.5 Å². The summed E-state index contributed by atoms with van der Waals surface area (Å²) >= 11 is 0. The molecule has 0 amide bonds. The Balaban J connectivity index is 2.15. The van der Waals surface area contributed by atoms with Gasteiger partial charge >= 0.3 is 0 Å². The number of aryl methyl sites for hydroxylation is 3. The average Bonchev–Trinajstić information content (AvgIpc) is 2.58. The molecule has 1 aromatic heterocycles. The number of hydrogen-bond donors (Lipinski definition) is 0. The van der Waals surface area contributed by atoms with Gasteiger partial charge in [0.05, 0.1) is 0 Å². The van der Waals surface area contributed by atoms with Crippen LogP contribution in [0.2, 0.25) is 0 Å². The van der Waals surface area contributed by atoms with E-state index in [9.17, 15) is 0 Å². The molecule has 3 aromatic rings. The van der Waals surface area contributed by atoms with E-state index in [0.29, 0.717) is 0 Å². The minimum atomic E-state index is -0.0217. The van der Waals surface area contributed by atoms with Crippen molar-refractivity contribution < 1.29 is 4.57 Å². The van der Waals surface area contributed by atoms with Crippen LogP contribution in [0.1, 0.15) is 36.1 Å². The van der Waals surface area contributed by atoms with Gasteiger partial charge in [0.25, 0.3) is 0 Å². The fourth-order valence-electron chi connectivity index (χ4n) is 3.25. The van der Waals surface area contributed by atoms with Gasteiger partial charge in [-0.1, -0.05) is 56.3 Å². The van der Waals surface area contributed by atoms with Crippen LogP contribution in [0, 0.1) is 13.8 Å². The molecule has 24 heavy (non-hydrogen) atoms. The molecule has 0 saturated carbocycles. The van der Waals surface area contributed by atoms with Crippen molar-refractivity contribution in [2.75, 3.05) is 0 Å². The van der Waals surface area contributed by atoms with Crippen LogP contribution in [0.3, 0.4) is 0 Å². The van der Waals surface area contributed by atoms with E-state index in [1.807, 2.05) is 0 Å². The molecule has 0 aliphatic heterocycles. The topological polar surface area (TPSA) is 3.88 Å². The summed E-state index contributed by atoms with van der Waals surface area (Å²) < 4.78 is 2.20. The summed E-state index contributed by atoms with van der Waals surface area (Å²) in [5.74, 6) is 0. The van der Waals surface area contributed by atoms with Crippen LogP contribution >= 0.6 is 0 Å². The van der Waals surface area contributed by atoms with Crippen molar-refractivity contribution in [2.45, 2.75) is 33.1 Å². The lowest BCUT2D eigenvalue weighted by Gasteiger charge is -2.27. The third-order valence-corrected chi connectivity index (χ3v) is 5.04. The van der Waals surface area contributed by atoms with E-state index in [4.69, 9.17) is 0 Å². The number of hydrogen-bond acceptors (Lipinski definition) is 0. The predicted octanol–water partition coefficient (Wildman–Crippen LogP) is 5.12. The summed E-state index contributed by atoms with van der Waals surface area (Å²) in [7, 11) is 2.11. The first kappa shape index (κ1) is 16.4. The SMILES string of the molecule is Cc1cc[n+](C)c(-c2cc(C(C)(C)c3ccccc3)ccc2C)c1. The standard InChI is InChI=1S/C23H26N/c1-17-13-14-24(5)22(15-17)21-16-20(12-11-18(21)2)23(3,4)19-9-7-6-8-10-19/h6-16H,1-5H3/q+1. The van der Waals surface area contributed by atoms with Gasteiger partial charge in [-0.3, -0.25) is 0 Å². The lowest BCUT2D eigenvalue weighted by Crippen LogP contribution is -2.30. The Morgan fingerprint density at radius 1 is 0.792 bits per heavy atom. The zero-order chi connectivity index (χ0) is 17.3. The van der Waals surface area contributed by atoms with Gasteiger partial charge in [-0.05, 0) is 42.2 Å². The van der Waals surface area contributed by atoms with E-state index >= 15 is 0 Å². The van der Waals surface area contributed by atoms with Gasteiger partial charge in [0.15, 0.2) is 6.20 Å². The highest BCUT2D eigenvalue weighted by Crippen LogP contribution is 2.34. The molecule has 122 valence electrons. The maximum atomic E-state index is 2.36. The van der Waals surface area contributed by atoms with Gasteiger partial charge in [-0.2, -0.15) is 0 Å². The Morgan fingerprint density at radius 2 is 1.50 bits per heavy atom. The van der Waals surface area contributed by atoms with Crippen molar-refractivity contribution >= 4 is 0 Å². The number of benzene rings is 2. The molecule has 0 aliphatic carbocycles. The van der Waals surface area contributed by atoms with Crippen LogP contribution in [0.25, 0.3) is 11.3 Å². The second-order valence-electron chi connectivity index (χ2n) is 7.22. The zero-order valence-corrected chi connectivity index (χ0v) is 15.3. The quantitative estimate of drug-likeness (QED) is 0.590. The molecule has 1 heteroatoms. The number of nitrogens with zero attached hydrogens (tertiary/aromatic N) is 1. The van der Waals surface area contributed by atoms with E-state index < -0.39 is 0 Å². The summed E-state index contributed by atoms with van der Waals surface area (Å²) in [4.78, 5) is 0. The monoisotopic (exact) mass is 316 g/mol. The number of rotatable bonds is 3. The van der Waals surface area contributed by atoms with Crippen LogP contribution in [-0.4, -0.2) is 0 Å². The second-order valence-corrected chi connectivity index (χ2v) is 7.22. The third-order valence-electron chi connectivity index (χ3n) is 5.04. The first-order valence-electron chi connectivity index (χ1n) is 8.53. The second kappa shape index (κ2) is 6.24. The highest BCUT2D eigenvalue weighted by molar-refractivity contribution is 5.63. The van der Waals surface area contributed by atoms with Crippen LogP contribution in [0.4, 0.5) is 0 Å². The normalized spacial score (nSPS) is 11.5. The maximum Gasteiger partial charge on any atom is 0.212 e. The molecule has 1 nitrogen and oxygen atoms in total. The molecule has 0 saturated heterocycles. The van der Waals surface area contributed by atoms with Crippen molar-refractivity contribution in [3.05, 3.63) is 89.1 Å². The first-order chi connectivity index (χ1) is 11.4. The molecule has 0 aliphatic rings. The summed E-state index contributed by atoms with van der Waals surface area (Å²) in [5, 5.41) is 0. The molecular weight excluding hydrogens is 290 g/mol. The maximum absolute atomic E-state index is 2.36. The molecule has 0 radical (unpaired) electrons. The van der Waals surface area contributed by atoms with Crippen LogP contribution in [0.15, 0.2) is 66.9 Å². The molecule has 0 N–H and O–H groups in total.